The van der Waals surface area contributed by atoms with Crippen molar-refractivity contribution < 1.29 is 24.5 Å². The van der Waals surface area contributed by atoms with Crippen LogP contribution in [0.4, 0.5) is 23.1 Å². The first-order valence-electron chi connectivity index (χ1n) is 16.5. The molecule has 1 aliphatic carbocycles. The van der Waals surface area contributed by atoms with Crippen molar-refractivity contribution in [3.05, 3.63) is 109 Å². The summed E-state index contributed by atoms with van der Waals surface area (Å²) < 4.78 is 13.4. The third-order valence-electron chi connectivity index (χ3n) is 8.58. The smallest absolute Gasteiger partial charge is 0.351 e. The Balaban J connectivity index is 0.000000138. The Hall–Kier alpha value is -5.58. The van der Waals surface area contributed by atoms with Gasteiger partial charge in [0.1, 0.15) is 23.3 Å². The number of H-pyrrole nitrogens is 1. The molecule has 3 aliphatic heterocycles. The van der Waals surface area contributed by atoms with E-state index in [9.17, 15) is 24.3 Å². The van der Waals surface area contributed by atoms with Crippen molar-refractivity contribution in [2.75, 3.05) is 34.9 Å². The number of nitrogens with one attached hydrogen (secondary N) is 2. The van der Waals surface area contributed by atoms with Crippen LogP contribution in [-0.2, 0) is 9.47 Å². The molecule has 4 aliphatic rings. The number of aryl methyl sites for hydroxylation is 2. The highest BCUT2D eigenvalue weighted by Gasteiger charge is 2.38. The number of hydrogen-bond donors (Lipinski definition) is 5. The molecule has 0 bridgehead atoms. The molecule has 2 fully saturated rings. The number of thioether (sulfide) groups is 1. The zero-order chi connectivity index (χ0) is 37.9. The number of aromatic amines is 1. The van der Waals surface area contributed by atoms with E-state index in [2.05, 4.69) is 36.1 Å². The van der Waals surface area contributed by atoms with Gasteiger partial charge in [-0.1, -0.05) is 5.92 Å². The van der Waals surface area contributed by atoms with Crippen molar-refractivity contribution in [2.45, 2.75) is 56.2 Å². The highest BCUT2D eigenvalue weighted by Crippen LogP contribution is 2.43. The number of aliphatic hydroxyl groups is 2. The summed E-state index contributed by atoms with van der Waals surface area (Å²) in [6, 6.07) is 7.45. The fourth-order valence-corrected chi connectivity index (χ4v) is 6.54. The number of pyridine rings is 2. The summed E-state index contributed by atoms with van der Waals surface area (Å²) >= 11 is 1.47. The number of rotatable bonds is 5. The molecule has 0 unspecified atom stereocenters. The van der Waals surface area contributed by atoms with Crippen LogP contribution in [0.5, 0.6) is 0 Å². The van der Waals surface area contributed by atoms with Crippen molar-refractivity contribution in [3.63, 3.8) is 0 Å². The van der Waals surface area contributed by atoms with Gasteiger partial charge < -0.3 is 35.6 Å². The summed E-state index contributed by atoms with van der Waals surface area (Å²) in [5.41, 5.74) is 5.23. The molecule has 53 heavy (non-hydrogen) atoms. The van der Waals surface area contributed by atoms with E-state index < -0.39 is 28.8 Å². The van der Waals surface area contributed by atoms with Crippen LogP contribution in [0.3, 0.4) is 0 Å². The van der Waals surface area contributed by atoms with Gasteiger partial charge in [-0.25, -0.2) is 19.6 Å². The first-order chi connectivity index (χ1) is 25.5. The van der Waals surface area contributed by atoms with Gasteiger partial charge in [-0.3, -0.25) is 23.7 Å². The third kappa shape index (κ3) is 7.94. The molecule has 0 radical (unpaired) electrons. The molecule has 0 spiro atoms. The quantitative estimate of drug-likeness (QED) is 0.144. The van der Waals surface area contributed by atoms with Gasteiger partial charge in [0.2, 0.25) is 0 Å². The van der Waals surface area contributed by atoms with Crippen LogP contribution in [0.15, 0.2) is 75.6 Å². The lowest BCUT2D eigenvalue weighted by molar-refractivity contribution is -0.0503. The number of carbonyl (C=O) groups excluding carboxylic acids is 1. The zero-order valence-corrected chi connectivity index (χ0v) is 29.5. The molecule has 8 rings (SSSR count). The van der Waals surface area contributed by atoms with Gasteiger partial charge in [0.25, 0.3) is 11.5 Å². The Kier molecular flexibility index (Phi) is 10.9. The number of fused-ring (bicyclic) bond motifs is 2. The van der Waals surface area contributed by atoms with E-state index in [1.807, 2.05) is 19.1 Å². The Bertz CT molecular complexity index is 2260. The Morgan fingerprint density at radius 2 is 1.85 bits per heavy atom. The number of hydrogen-bond acceptors (Lipinski definition) is 14. The molecule has 7 heterocycles. The second kappa shape index (κ2) is 15.6. The molecule has 17 nitrogen and oxygen atoms in total. The van der Waals surface area contributed by atoms with Gasteiger partial charge in [-0.05, 0) is 68.7 Å². The number of ether oxygens (including phenoxy) is 2. The molecular weight excluding hydrogens is 707 g/mol. The van der Waals surface area contributed by atoms with Crippen molar-refractivity contribution >= 4 is 40.8 Å². The number of carbonyl (C=O) groups is 1. The summed E-state index contributed by atoms with van der Waals surface area (Å²) in [6.07, 6.45) is 15.9. The van der Waals surface area contributed by atoms with Crippen LogP contribution in [0, 0.1) is 26.2 Å². The monoisotopic (exact) mass is 743 g/mol. The maximum absolute atomic E-state index is 12.4. The topological polar surface area (TPSA) is 233 Å². The maximum atomic E-state index is 12.4. The fraction of sp³-hybridized carbons (Fsp3) is 0.343. The number of terminal acetylenes is 1. The summed E-state index contributed by atoms with van der Waals surface area (Å²) in [6.45, 7) is 3.12. The van der Waals surface area contributed by atoms with Gasteiger partial charge in [-0.2, -0.15) is 4.98 Å². The lowest BCUT2D eigenvalue weighted by Crippen LogP contribution is -2.36. The average molecular weight is 744 g/mol. The summed E-state index contributed by atoms with van der Waals surface area (Å²) in [5, 5.41) is 21.0. The highest BCUT2D eigenvalue weighted by molar-refractivity contribution is 8.00. The van der Waals surface area contributed by atoms with E-state index in [1.54, 1.807) is 43.7 Å². The highest BCUT2D eigenvalue weighted by atomic mass is 32.2. The summed E-state index contributed by atoms with van der Waals surface area (Å²) in [5.74, 6) is 4.54. The van der Waals surface area contributed by atoms with Crippen molar-refractivity contribution in [1.29, 1.82) is 0 Å². The molecule has 1 amide bonds. The number of amides is 1. The standard InChI is InChI=1S/C15H14N4O.C12H12N2O4.C8H11N3O3S/c1-9-6-8-17-14-12(9)18-15(20)11-3-2-7-16-13(11)19(14)10-4-5-10;1-3-12(7-15)5-4-9(18-12)14-6-8(2)10(16)13-11(14)17;9-5-1-2-11(8(13)10-5)6-4-15-7(3-12)14-6/h2-3,6-8,10H,4-5H2,1H3,(H,18,20);1,4-6,9,15H,7H2,2H3,(H,13,16,17);1-2,6-7,12H,3-4H2,(H2,9,10,13)/t;9-,12+;6-,7+/m.10/s1. The van der Waals surface area contributed by atoms with Gasteiger partial charge in [0.05, 0.1) is 24.5 Å². The van der Waals surface area contributed by atoms with Gasteiger partial charge >= 0.3 is 11.4 Å². The molecular formula is C35H37N9O8S. The largest absolute Gasteiger partial charge is 0.393 e. The van der Waals surface area contributed by atoms with Gasteiger partial charge in [-0.15, -0.1) is 18.2 Å². The van der Waals surface area contributed by atoms with Crippen molar-refractivity contribution in [2.24, 2.45) is 0 Å². The normalized spacial score (nSPS) is 22.6. The Morgan fingerprint density at radius 1 is 1.08 bits per heavy atom. The summed E-state index contributed by atoms with van der Waals surface area (Å²) in [7, 11) is 0. The Morgan fingerprint density at radius 3 is 2.51 bits per heavy atom. The van der Waals surface area contributed by atoms with Crippen LogP contribution in [-0.4, -0.2) is 81.2 Å². The lowest BCUT2D eigenvalue weighted by atomic mass is 10.1. The number of nitrogen functional groups attached to an aromatic ring is 1. The van der Waals surface area contributed by atoms with E-state index in [0.717, 1.165) is 29.9 Å². The van der Waals surface area contributed by atoms with Gasteiger partial charge in [0, 0.05) is 42.1 Å². The minimum absolute atomic E-state index is 0.0572. The van der Waals surface area contributed by atoms with Crippen LogP contribution < -0.4 is 32.9 Å². The maximum Gasteiger partial charge on any atom is 0.351 e. The van der Waals surface area contributed by atoms with Gasteiger partial charge in [0.15, 0.2) is 17.6 Å². The minimum Gasteiger partial charge on any atom is -0.393 e. The van der Waals surface area contributed by atoms with Crippen LogP contribution in [0.2, 0.25) is 0 Å². The molecule has 4 aromatic rings. The number of aromatic nitrogens is 6. The number of anilines is 4. The Labute approximate surface area is 306 Å². The van der Waals surface area contributed by atoms with Crippen molar-refractivity contribution in [1.82, 2.24) is 29.1 Å². The molecule has 4 aromatic heterocycles. The predicted molar refractivity (Wildman–Crippen MR) is 197 cm³/mol. The zero-order valence-electron chi connectivity index (χ0n) is 28.7. The van der Waals surface area contributed by atoms with E-state index >= 15 is 0 Å². The molecule has 1 saturated carbocycles. The number of aliphatic hydroxyl groups excluding tert-OH is 2. The molecule has 4 atom stereocenters. The van der Waals surface area contributed by atoms with Crippen LogP contribution in [0.1, 0.15) is 46.8 Å². The SMILES string of the molecule is C#C[C@@]1(CO)C=C[C@H](n2cc(C)c(=O)[nH]c2=O)O1.Cc1ccnc2c1NC(=O)c1cccnc1N2C1CC1.Nc1ccn([C@@H]2CS[C@H](CO)O2)c(=O)n1. The predicted octanol–water partition coefficient (Wildman–Crippen LogP) is 1.35. The molecule has 276 valence electrons. The summed E-state index contributed by atoms with van der Waals surface area (Å²) in [4.78, 5) is 63.5. The molecule has 1 saturated heterocycles. The minimum atomic E-state index is -1.21. The van der Waals surface area contributed by atoms with Crippen LogP contribution >= 0.6 is 11.8 Å². The van der Waals surface area contributed by atoms with E-state index in [-0.39, 0.29) is 36.6 Å². The molecule has 18 heteroatoms. The second-order valence-electron chi connectivity index (χ2n) is 12.4. The average Bonchev–Trinajstić information content (AvgIpc) is 3.73. The first kappa shape index (κ1) is 37.2. The first-order valence-corrected chi connectivity index (χ1v) is 17.5. The van der Waals surface area contributed by atoms with Crippen LogP contribution in [0.25, 0.3) is 0 Å². The van der Waals surface area contributed by atoms with E-state index in [1.165, 1.54) is 33.2 Å². The lowest BCUT2D eigenvalue weighted by Gasteiger charge is -2.23. The number of nitrogens with two attached hydrogens (primary N) is 1. The van der Waals surface area contributed by atoms with E-state index in [0.29, 0.717) is 28.7 Å². The fourth-order valence-electron chi connectivity index (χ4n) is 5.61. The number of nitrogens with zero attached hydrogens (tertiary/aromatic N) is 6. The second-order valence-corrected chi connectivity index (χ2v) is 13.6. The van der Waals surface area contributed by atoms with E-state index in [4.69, 9.17) is 26.7 Å². The van der Waals surface area contributed by atoms with Crippen molar-refractivity contribution in [3.8, 4) is 12.3 Å². The molecule has 0 aromatic carbocycles. The third-order valence-corrected chi connectivity index (χ3v) is 9.69. The molecule has 6 N–H and O–H groups in total.